The van der Waals surface area contributed by atoms with E-state index in [1.807, 2.05) is 6.07 Å². The highest BCUT2D eigenvalue weighted by molar-refractivity contribution is 7.21. The van der Waals surface area contributed by atoms with Crippen molar-refractivity contribution in [1.29, 1.82) is 0 Å². The molecule has 0 amide bonds. The van der Waals surface area contributed by atoms with E-state index in [1.165, 1.54) is 18.4 Å². The van der Waals surface area contributed by atoms with Crippen LogP contribution in [-0.4, -0.2) is 18.1 Å². The van der Waals surface area contributed by atoms with Crippen LogP contribution in [0.2, 0.25) is 0 Å². The van der Waals surface area contributed by atoms with Crippen molar-refractivity contribution in [2.24, 2.45) is 0 Å². The molecular formula is C11H10N2O2S. The van der Waals surface area contributed by atoms with Crippen LogP contribution in [-0.2, 0) is 4.74 Å². The Kier molecular flexibility index (Phi) is 2.62. The molecule has 0 fully saturated rings. The van der Waals surface area contributed by atoms with Crippen molar-refractivity contribution in [3.8, 4) is 0 Å². The standard InChI is InChI=1S/C11H10N2O2S/c1-3-6-4-7-9(13-5-6)8(12)10(16-7)11(14)15-2/h3-5H,1,12H2,2H3. The summed E-state index contributed by atoms with van der Waals surface area (Å²) in [5, 5.41) is 0. The Morgan fingerprint density at radius 1 is 1.69 bits per heavy atom. The average Bonchev–Trinajstić information content (AvgIpc) is 2.65. The van der Waals surface area contributed by atoms with Crippen LogP contribution in [0.1, 0.15) is 15.2 Å². The average molecular weight is 234 g/mol. The van der Waals surface area contributed by atoms with Gasteiger partial charge in [0.2, 0.25) is 0 Å². The minimum Gasteiger partial charge on any atom is -0.465 e. The SMILES string of the molecule is C=Cc1cnc2c(N)c(C(=O)OC)sc2c1. The molecule has 0 aliphatic heterocycles. The minimum atomic E-state index is -0.430. The molecule has 0 aliphatic carbocycles. The molecule has 0 spiro atoms. The summed E-state index contributed by atoms with van der Waals surface area (Å²) >= 11 is 1.28. The van der Waals surface area contributed by atoms with Gasteiger partial charge in [-0.25, -0.2) is 4.79 Å². The summed E-state index contributed by atoms with van der Waals surface area (Å²) in [4.78, 5) is 16.0. The molecule has 2 rings (SSSR count). The lowest BCUT2D eigenvalue weighted by Crippen LogP contribution is -2.01. The quantitative estimate of drug-likeness (QED) is 0.810. The maximum absolute atomic E-state index is 11.4. The maximum atomic E-state index is 11.4. The van der Waals surface area contributed by atoms with Gasteiger partial charge in [0.05, 0.1) is 17.5 Å². The number of thiophene rings is 1. The van der Waals surface area contributed by atoms with Crippen molar-refractivity contribution < 1.29 is 9.53 Å². The van der Waals surface area contributed by atoms with E-state index in [0.717, 1.165) is 10.3 Å². The number of nitrogens with two attached hydrogens (primary N) is 1. The number of carbonyl (C=O) groups excluding carboxylic acids is 1. The number of anilines is 1. The summed E-state index contributed by atoms with van der Waals surface area (Å²) in [6.45, 7) is 3.66. The van der Waals surface area contributed by atoms with E-state index in [0.29, 0.717) is 16.1 Å². The lowest BCUT2D eigenvalue weighted by molar-refractivity contribution is 0.0607. The molecule has 0 atom stereocenters. The normalized spacial score (nSPS) is 10.3. The molecule has 2 N–H and O–H groups in total. The van der Waals surface area contributed by atoms with Gasteiger partial charge in [0, 0.05) is 6.20 Å². The number of nitrogens with zero attached hydrogens (tertiary/aromatic N) is 1. The molecule has 2 aromatic rings. The number of aromatic nitrogens is 1. The summed E-state index contributed by atoms with van der Waals surface area (Å²) in [5.41, 5.74) is 7.73. The van der Waals surface area contributed by atoms with Crippen LogP contribution in [0.5, 0.6) is 0 Å². The topological polar surface area (TPSA) is 65.2 Å². The zero-order valence-corrected chi connectivity index (χ0v) is 9.50. The molecule has 0 aromatic carbocycles. The molecule has 5 heteroatoms. The fourth-order valence-corrected chi connectivity index (χ4v) is 2.42. The third-order valence-corrected chi connectivity index (χ3v) is 3.31. The van der Waals surface area contributed by atoms with Gasteiger partial charge in [-0.2, -0.15) is 0 Å². The second kappa shape index (κ2) is 3.94. The highest BCUT2D eigenvalue weighted by atomic mass is 32.1. The summed E-state index contributed by atoms with van der Waals surface area (Å²) in [5.74, 6) is -0.430. The zero-order valence-electron chi connectivity index (χ0n) is 8.69. The Labute approximate surface area is 96.4 Å². The summed E-state index contributed by atoms with van der Waals surface area (Å²) in [7, 11) is 1.33. The van der Waals surface area contributed by atoms with Crippen LogP contribution in [0.4, 0.5) is 5.69 Å². The van der Waals surface area contributed by atoms with E-state index >= 15 is 0 Å². The van der Waals surface area contributed by atoms with Crippen molar-refractivity contribution in [3.63, 3.8) is 0 Å². The van der Waals surface area contributed by atoms with E-state index in [9.17, 15) is 4.79 Å². The predicted octanol–water partition coefficient (Wildman–Crippen LogP) is 2.31. The van der Waals surface area contributed by atoms with E-state index in [1.54, 1.807) is 12.3 Å². The van der Waals surface area contributed by atoms with Crippen LogP contribution >= 0.6 is 11.3 Å². The fourth-order valence-electron chi connectivity index (χ4n) is 1.37. The lowest BCUT2D eigenvalue weighted by atomic mass is 10.2. The summed E-state index contributed by atoms with van der Waals surface area (Å²) in [6.07, 6.45) is 3.36. The number of fused-ring (bicyclic) bond motifs is 1. The molecule has 16 heavy (non-hydrogen) atoms. The van der Waals surface area contributed by atoms with E-state index < -0.39 is 5.97 Å². The van der Waals surface area contributed by atoms with Crippen molar-refractivity contribution in [2.45, 2.75) is 0 Å². The second-order valence-corrected chi connectivity index (χ2v) is 4.21. The van der Waals surface area contributed by atoms with Crippen LogP contribution in [0, 0.1) is 0 Å². The van der Waals surface area contributed by atoms with Gasteiger partial charge in [0.1, 0.15) is 10.4 Å². The third-order valence-electron chi connectivity index (χ3n) is 2.19. The Morgan fingerprint density at radius 2 is 2.44 bits per heavy atom. The first-order chi connectivity index (χ1) is 7.67. The number of hydrogen-bond acceptors (Lipinski definition) is 5. The fraction of sp³-hybridized carbons (Fsp3) is 0.0909. The first-order valence-electron chi connectivity index (χ1n) is 4.56. The Morgan fingerprint density at radius 3 is 3.06 bits per heavy atom. The molecule has 82 valence electrons. The number of methoxy groups -OCH3 is 1. The Balaban J connectivity index is 2.67. The second-order valence-electron chi connectivity index (χ2n) is 3.16. The molecule has 0 bridgehead atoms. The third kappa shape index (κ3) is 1.55. The molecule has 0 aliphatic rings. The number of pyridine rings is 1. The van der Waals surface area contributed by atoms with Gasteiger partial charge in [-0.3, -0.25) is 4.98 Å². The molecular weight excluding hydrogens is 224 g/mol. The largest absolute Gasteiger partial charge is 0.465 e. The van der Waals surface area contributed by atoms with Gasteiger partial charge in [-0.1, -0.05) is 12.7 Å². The number of carbonyl (C=O) groups is 1. The van der Waals surface area contributed by atoms with Crippen LogP contribution < -0.4 is 5.73 Å². The van der Waals surface area contributed by atoms with Gasteiger partial charge in [-0.15, -0.1) is 11.3 Å². The van der Waals surface area contributed by atoms with E-state index in [4.69, 9.17) is 5.73 Å². The predicted molar refractivity (Wildman–Crippen MR) is 65.5 cm³/mol. The van der Waals surface area contributed by atoms with Crippen LogP contribution in [0.3, 0.4) is 0 Å². The first kappa shape index (κ1) is 10.6. The number of ether oxygens (including phenoxy) is 1. The van der Waals surface area contributed by atoms with Crippen LogP contribution in [0.15, 0.2) is 18.8 Å². The van der Waals surface area contributed by atoms with E-state index in [2.05, 4.69) is 16.3 Å². The molecule has 0 saturated carbocycles. The van der Waals surface area contributed by atoms with Gasteiger partial charge in [0.25, 0.3) is 0 Å². The molecule has 2 heterocycles. The van der Waals surface area contributed by atoms with Gasteiger partial charge in [0.15, 0.2) is 0 Å². The van der Waals surface area contributed by atoms with Crippen molar-refractivity contribution in [3.05, 3.63) is 29.3 Å². The molecule has 0 unspecified atom stereocenters. The van der Waals surface area contributed by atoms with Gasteiger partial charge in [-0.05, 0) is 11.6 Å². The number of esters is 1. The first-order valence-corrected chi connectivity index (χ1v) is 5.37. The number of hydrogen-bond donors (Lipinski definition) is 1. The highest BCUT2D eigenvalue weighted by Gasteiger charge is 2.17. The molecule has 2 aromatic heterocycles. The lowest BCUT2D eigenvalue weighted by Gasteiger charge is -1.95. The van der Waals surface area contributed by atoms with Gasteiger partial charge >= 0.3 is 5.97 Å². The molecule has 4 nitrogen and oxygen atoms in total. The van der Waals surface area contributed by atoms with Crippen molar-refractivity contribution >= 4 is 39.3 Å². The number of nitrogen functional groups attached to an aromatic ring is 1. The Hall–Kier alpha value is -1.88. The smallest absolute Gasteiger partial charge is 0.350 e. The summed E-state index contributed by atoms with van der Waals surface area (Å²) in [6, 6.07) is 1.89. The summed E-state index contributed by atoms with van der Waals surface area (Å²) < 4.78 is 5.50. The minimum absolute atomic E-state index is 0.377. The van der Waals surface area contributed by atoms with Crippen molar-refractivity contribution in [2.75, 3.05) is 12.8 Å². The monoisotopic (exact) mass is 234 g/mol. The molecule has 0 saturated heterocycles. The van der Waals surface area contributed by atoms with Crippen molar-refractivity contribution in [1.82, 2.24) is 4.98 Å². The van der Waals surface area contributed by atoms with Crippen LogP contribution in [0.25, 0.3) is 16.3 Å². The number of rotatable bonds is 2. The highest BCUT2D eigenvalue weighted by Crippen LogP contribution is 2.33. The van der Waals surface area contributed by atoms with E-state index in [-0.39, 0.29) is 0 Å². The Bertz CT molecular complexity index is 575. The molecule has 0 radical (unpaired) electrons. The zero-order chi connectivity index (χ0) is 11.7. The van der Waals surface area contributed by atoms with Gasteiger partial charge < -0.3 is 10.5 Å². The maximum Gasteiger partial charge on any atom is 0.350 e.